The second kappa shape index (κ2) is 10.5. The molecule has 0 aliphatic carbocycles. The zero-order chi connectivity index (χ0) is 21.5. The van der Waals surface area contributed by atoms with E-state index >= 15 is 0 Å². The van der Waals surface area contributed by atoms with Gasteiger partial charge >= 0.3 is 0 Å². The zero-order valence-electron chi connectivity index (χ0n) is 17.9. The molecule has 0 spiro atoms. The maximum atomic E-state index is 14.6. The van der Waals surface area contributed by atoms with Gasteiger partial charge in [0.1, 0.15) is 18.1 Å². The quantitative estimate of drug-likeness (QED) is 0.621. The molecule has 0 unspecified atom stereocenters. The Bertz CT molecular complexity index is 834. The van der Waals surface area contributed by atoms with Gasteiger partial charge in [0.2, 0.25) is 11.8 Å². The highest BCUT2D eigenvalue weighted by molar-refractivity contribution is 5.78. The van der Waals surface area contributed by atoms with Crippen molar-refractivity contribution in [2.24, 2.45) is 5.92 Å². The molecule has 30 heavy (non-hydrogen) atoms. The third kappa shape index (κ3) is 5.37. The average molecular weight is 419 g/mol. The van der Waals surface area contributed by atoms with E-state index < -0.39 is 0 Å². The van der Waals surface area contributed by atoms with Crippen molar-refractivity contribution in [1.29, 1.82) is 0 Å². The Labute approximate surface area is 176 Å². The topological polar surface area (TPSA) is 68.0 Å². The summed E-state index contributed by atoms with van der Waals surface area (Å²) < 4.78 is 30.8. The fourth-order valence-corrected chi connectivity index (χ4v) is 3.43. The van der Waals surface area contributed by atoms with Gasteiger partial charge in [-0.25, -0.2) is 4.39 Å². The SMILES string of the molecule is COCC(=O)N(CCC(C)C)Cc1c(-c2ccccc2F)noc1N1CCOCC1. The molecule has 1 amide bonds. The standard InChI is InChI=1S/C22H30FN3O4/c1-16(2)8-9-26(20(27)15-28-3)14-18-21(17-6-4-5-7-19(17)23)24-30-22(18)25-10-12-29-13-11-25/h4-7,16H,8-15H2,1-3H3. The van der Waals surface area contributed by atoms with Crippen LogP contribution in [-0.4, -0.2) is 62.5 Å². The van der Waals surface area contributed by atoms with Crippen molar-refractivity contribution in [1.82, 2.24) is 10.1 Å². The Hall–Kier alpha value is -2.45. The van der Waals surface area contributed by atoms with E-state index in [-0.39, 0.29) is 24.9 Å². The highest BCUT2D eigenvalue weighted by Crippen LogP contribution is 2.34. The minimum atomic E-state index is -0.377. The number of carbonyl (C=O) groups is 1. The number of hydrogen-bond donors (Lipinski definition) is 0. The summed E-state index contributed by atoms with van der Waals surface area (Å²) in [5, 5.41) is 4.21. The molecule has 3 rings (SSSR count). The summed E-state index contributed by atoms with van der Waals surface area (Å²) in [4.78, 5) is 16.5. The Kier molecular flexibility index (Phi) is 7.81. The van der Waals surface area contributed by atoms with Crippen molar-refractivity contribution in [3.8, 4) is 11.3 Å². The number of aromatic nitrogens is 1. The van der Waals surface area contributed by atoms with Crippen LogP contribution < -0.4 is 4.90 Å². The molecule has 0 atom stereocenters. The van der Waals surface area contributed by atoms with Gasteiger partial charge in [-0.15, -0.1) is 0 Å². The molecule has 2 aromatic rings. The van der Waals surface area contributed by atoms with Crippen molar-refractivity contribution in [2.45, 2.75) is 26.8 Å². The van der Waals surface area contributed by atoms with Gasteiger partial charge in [-0.1, -0.05) is 31.1 Å². The van der Waals surface area contributed by atoms with Gasteiger partial charge in [0.05, 0.1) is 25.3 Å². The summed E-state index contributed by atoms with van der Waals surface area (Å²) in [6, 6.07) is 6.47. The molecule has 1 saturated heterocycles. The number of methoxy groups -OCH3 is 1. The molecule has 8 heteroatoms. The molecule has 1 fully saturated rings. The summed E-state index contributed by atoms with van der Waals surface area (Å²) in [7, 11) is 1.50. The number of ether oxygens (including phenoxy) is 2. The van der Waals surface area contributed by atoms with Crippen molar-refractivity contribution in [3.05, 3.63) is 35.6 Å². The lowest BCUT2D eigenvalue weighted by Gasteiger charge is -2.28. The van der Waals surface area contributed by atoms with Crippen LogP contribution in [0.5, 0.6) is 0 Å². The number of halogens is 1. The average Bonchev–Trinajstić information content (AvgIpc) is 3.15. The Morgan fingerprint density at radius 3 is 2.70 bits per heavy atom. The van der Waals surface area contributed by atoms with E-state index in [9.17, 15) is 9.18 Å². The van der Waals surface area contributed by atoms with Crippen molar-refractivity contribution in [3.63, 3.8) is 0 Å². The molecule has 1 aromatic carbocycles. The lowest BCUT2D eigenvalue weighted by molar-refractivity contribution is -0.135. The number of amides is 1. The molecular formula is C22H30FN3O4. The molecule has 164 valence electrons. The second-order valence-electron chi connectivity index (χ2n) is 7.82. The monoisotopic (exact) mass is 419 g/mol. The first-order chi connectivity index (χ1) is 14.5. The number of carbonyl (C=O) groups excluding carboxylic acids is 1. The number of morpholine rings is 1. The van der Waals surface area contributed by atoms with Crippen LogP contribution in [0.25, 0.3) is 11.3 Å². The van der Waals surface area contributed by atoms with Gasteiger partial charge in [0, 0.05) is 32.3 Å². The molecule has 1 aliphatic rings. The van der Waals surface area contributed by atoms with Gasteiger partial charge in [0.25, 0.3) is 0 Å². The first-order valence-electron chi connectivity index (χ1n) is 10.3. The number of hydrogen-bond acceptors (Lipinski definition) is 6. The van der Waals surface area contributed by atoms with Crippen LogP contribution in [0.2, 0.25) is 0 Å². The van der Waals surface area contributed by atoms with Crippen molar-refractivity contribution >= 4 is 11.8 Å². The first-order valence-corrected chi connectivity index (χ1v) is 10.3. The molecular weight excluding hydrogens is 389 g/mol. The summed E-state index contributed by atoms with van der Waals surface area (Å²) in [5.41, 5.74) is 1.49. The number of benzene rings is 1. The van der Waals surface area contributed by atoms with Crippen LogP contribution in [0.4, 0.5) is 10.3 Å². The van der Waals surface area contributed by atoms with E-state index in [2.05, 4.69) is 19.0 Å². The summed E-state index contributed by atoms with van der Waals surface area (Å²) in [6.07, 6.45) is 0.850. The summed E-state index contributed by atoms with van der Waals surface area (Å²) in [5.74, 6) is 0.510. The van der Waals surface area contributed by atoms with E-state index in [0.29, 0.717) is 61.5 Å². The maximum absolute atomic E-state index is 14.6. The maximum Gasteiger partial charge on any atom is 0.248 e. The predicted octanol–water partition coefficient (Wildman–Crippen LogP) is 3.34. The number of nitrogens with zero attached hydrogens (tertiary/aromatic N) is 3. The predicted molar refractivity (Wildman–Crippen MR) is 112 cm³/mol. The number of anilines is 1. The highest BCUT2D eigenvalue weighted by Gasteiger charge is 2.28. The highest BCUT2D eigenvalue weighted by atomic mass is 19.1. The molecule has 0 bridgehead atoms. The van der Waals surface area contributed by atoms with Gasteiger partial charge in [-0.2, -0.15) is 0 Å². The summed E-state index contributed by atoms with van der Waals surface area (Å²) >= 11 is 0. The molecule has 7 nitrogen and oxygen atoms in total. The van der Waals surface area contributed by atoms with Crippen LogP contribution in [0.3, 0.4) is 0 Å². The van der Waals surface area contributed by atoms with E-state index in [0.717, 1.165) is 6.42 Å². The van der Waals surface area contributed by atoms with Crippen LogP contribution in [0, 0.1) is 11.7 Å². The minimum Gasteiger partial charge on any atom is -0.378 e. The van der Waals surface area contributed by atoms with Gasteiger partial charge in [-0.05, 0) is 24.5 Å². The Balaban J connectivity index is 1.98. The van der Waals surface area contributed by atoms with Crippen molar-refractivity contribution in [2.75, 3.05) is 51.5 Å². The largest absolute Gasteiger partial charge is 0.378 e. The van der Waals surface area contributed by atoms with Crippen LogP contribution in [0.15, 0.2) is 28.8 Å². The van der Waals surface area contributed by atoms with E-state index in [4.69, 9.17) is 14.0 Å². The fraction of sp³-hybridized carbons (Fsp3) is 0.545. The minimum absolute atomic E-state index is 0.00864. The zero-order valence-corrected chi connectivity index (χ0v) is 17.9. The van der Waals surface area contributed by atoms with Gasteiger partial charge in [0.15, 0.2) is 0 Å². The Morgan fingerprint density at radius 1 is 1.30 bits per heavy atom. The molecule has 2 heterocycles. The van der Waals surface area contributed by atoms with Crippen molar-refractivity contribution < 1.29 is 23.2 Å². The normalized spacial score (nSPS) is 14.4. The molecule has 0 radical (unpaired) electrons. The lowest BCUT2D eigenvalue weighted by Crippen LogP contribution is -2.38. The third-order valence-corrected chi connectivity index (χ3v) is 5.14. The van der Waals surface area contributed by atoms with Gasteiger partial charge < -0.3 is 23.8 Å². The van der Waals surface area contributed by atoms with Crippen LogP contribution in [-0.2, 0) is 20.8 Å². The second-order valence-corrected chi connectivity index (χ2v) is 7.82. The fourth-order valence-electron chi connectivity index (χ4n) is 3.43. The van der Waals surface area contributed by atoms with Gasteiger partial charge in [-0.3, -0.25) is 4.79 Å². The smallest absolute Gasteiger partial charge is 0.248 e. The van der Waals surface area contributed by atoms with E-state index in [1.807, 2.05) is 4.90 Å². The first kappa shape index (κ1) is 22.2. The molecule has 0 N–H and O–H groups in total. The Morgan fingerprint density at radius 2 is 2.03 bits per heavy atom. The van der Waals surface area contributed by atoms with Crippen LogP contribution >= 0.6 is 0 Å². The summed E-state index contributed by atoms with van der Waals surface area (Å²) in [6.45, 7) is 7.52. The third-order valence-electron chi connectivity index (χ3n) is 5.14. The number of rotatable bonds is 9. The molecule has 1 aromatic heterocycles. The molecule has 1 aliphatic heterocycles. The van der Waals surface area contributed by atoms with E-state index in [1.165, 1.54) is 13.2 Å². The van der Waals surface area contributed by atoms with E-state index in [1.54, 1.807) is 23.1 Å². The molecule has 0 saturated carbocycles. The lowest BCUT2D eigenvalue weighted by atomic mass is 10.1. The van der Waals surface area contributed by atoms with Crippen LogP contribution in [0.1, 0.15) is 25.8 Å².